The molecule has 0 radical (unpaired) electrons. The number of methoxy groups -OCH3 is 1. The van der Waals surface area contributed by atoms with Crippen molar-refractivity contribution in [1.29, 1.82) is 0 Å². The molecule has 0 saturated carbocycles. The molecule has 1 amide bonds. The second-order valence-corrected chi connectivity index (χ2v) is 7.86. The lowest BCUT2D eigenvalue weighted by molar-refractivity contribution is 0.102. The van der Waals surface area contributed by atoms with Crippen molar-refractivity contribution in [2.75, 3.05) is 17.1 Å². The lowest BCUT2D eigenvalue weighted by Gasteiger charge is -2.10. The van der Waals surface area contributed by atoms with Crippen molar-refractivity contribution in [2.45, 2.75) is 11.8 Å². The maximum absolute atomic E-state index is 12.5. The number of benzene rings is 3. The number of nitrogens with one attached hydrogen (secondary N) is 2. The molecular weight excluding hydrogens is 376 g/mol. The quantitative estimate of drug-likeness (QED) is 0.658. The molecule has 0 fully saturated rings. The molecule has 0 aliphatic heterocycles. The zero-order chi connectivity index (χ0) is 20.1. The fraction of sp³-hybridized carbons (Fsp3) is 0.0952. The van der Waals surface area contributed by atoms with Gasteiger partial charge in [-0.25, -0.2) is 8.42 Å². The summed E-state index contributed by atoms with van der Waals surface area (Å²) in [7, 11) is -2.22. The Morgan fingerprint density at radius 1 is 0.893 bits per heavy atom. The molecule has 144 valence electrons. The Bertz CT molecular complexity index is 1080. The fourth-order valence-electron chi connectivity index (χ4n) is 2.58. The zero-order valence-corrected chi connectivity index (χ0v) is 16.3. The molecule has 6 nitrogen and oxygen atoms in total. The van der Waals surface area contributed by atoms with Gasteiger partial charge in [0.05, 0.1) is 12.0 Å². The van der Waals surface area contributed by atoms with Gasteiger partial charge in [-0.3, -0.25) is 9.52 Å². The largest absolute Gasteiger partial charge is 0.497 e. The SMILES string of the molecule is COc1ccc(S(=O)(=O)Nc2ccc(C(=O)Nc3cccc(C)c3)cc2)cc1. The Hall–Kier alpha value is -3.32. The molecule has 0 atom stereocenters. The molecular formula is C21H20N2O4S. The first-order valence-corrected chi connectivity index (χ1v) is 10.0. The molecule has 0 unspecified atom stereocenters. The van der Waals surface area contributed by atoms with Gasteiger partial charge in [-0.2, -0.15) is 0 Å². The molecule has 0 saturated heterocycles. The third-order valence-corrected chi connectivity index (χ3v) is 5.44. The van der Waals surface area contributed by atoms with Crippen molar-refractivity contribution in [3.8, 4) is 5.75 Å². The topological polar surface area (TPSA) is 84.5 Å². The highest BCUT2D eigenvalue weighted by molar-refractivity contribution is 7.92. The summed E-state index contributed by atoms with van der Waals surface area (Å²) in [5.41, 5.74) is 2.53. The Kier molecular flexibility index (Phi) is 5.65. The lowest BCUT2D eigenvalue weighted by Crippen LogP contribution is -2.14. The minimum atomic E-state index is -3.73. The monoisotopic (exact) mass is 396 g/mol. The van der Waals surface area contributed by atoms with E-state index >= 15 is 0 Å². The van der Waals surface area contributed by atoms with Gasteiger partial charge in [-0.1, -0.05) is 12.1 Å². The highest BCUT2D eigenvalue weighted by atomic mass is 32.2. The third-order valence-electron chi connectivity index (χ3n) is 4.04. The summed E-state index contributed by atoms with van der Waals surface area (Å²) in [6.07, 6.45) is 0. The number of rotatable bonds is 6. The van der Waals surface area contributed by atoms with Crippen molar-refractivity contribution in [1.82, 2.24) is 0 Å². The molecule has 3 aromatic carbocycles. The Labute approximate surface area is 164 Å². The first-order valence-electron chi connectivity index (χ1n) is 8.52. The average molecular weight is 396 g/mol. The molecule has 0 aliphatic rings. The van der Waals surface area contributed by atoms with Gasteiger partial charge in [0, 0.05) is 16.9 Å². The molecule has 2 N–H and O–H groups in total. The number of anilines is 2. The number of carbonyl (C=O) groups is 1. The second kappa shape index (κ2) is 8.14. The summed E-state index contributed by atoms with van der Waals surface area (Å²) < 4.78 is 32.5. The Balaban J connectivity index is 1.70. The molecule has 3 aromatic rings. The molecule has 28 heavy (non-hydrogen) atoms. The number of hydrogen-bond acceptors (Lipinski definition) is 4. The van der Waals surface area contributed by atoms with Crippen LogP contribution in [-0.2, 0) is 10.0 Å². The van der Waals surface area contributed by atoms with Crippen LogP contribution in [0.2, 0.25) is 0 Å². The standard InChI is InChI=1S/C21H20N2O4S/c1-15-4-3-5-18(14-15)22-21(24)16-6-8-17(9-7-16)23-28(25,26)20-12-10-19(27-2)11-13-20/h3-14,23H,1-2H3,(H,22,24). The van der Waals surface area contributed by atoms with Crippen molar-refractivity contribution in [3.05, 3.63) is 83.9 Å². The van der Waals surface area contributed by atoms with Gasteiger partial charge in [-0.05, 0) is 73.2 Å². The van der Waals surface area contributed by atoms with Crippen molar-refractivity contribution < 1.29 is 17.9 Å². The minimum Gasteiger partial charge on any atom is -0.497 e. The van der Waals surface area contributed by atoms with Gasteiger partial charge >= 0.3 is 0 Å². The summed E-state index contributed by atoms with van der Waals surface area (Å²) in [5.74, 6) is 0.304. The van der Waals surface area contributed by atoms with E-state index in [0.29, 0.717) is 22.7 Å². The summed E-state index contributed by atoms with van der Waals surface area (Å²) in [4.78, 5) is 12.5. The maximum atomic E-state index is 12.5. The van der Waals surface area contributed by atoms with Crippen LogP contribution in [0.25, 0.3) is 0 Å². The molecule has 7 heteroatoms. The van der Waals surface area contributed by atoms with Crippen LogP contribution in [0.3, 0.4) is 0 Å². The van der Waals surface area contributed by atoms with Gasteiger partial charge in [0.1, 0.15) is 5.75 Å². The zero-order valence-electron chi connectivity index (χ0n) is 15.5. The van der Waals surface area contributed by atoms with Crippen LogP contribution in [0.4, 0.5) is 11.4 Å². The number of ether oxygens (including phenoxy) is 1. The highest BCUT2D eigenvalue weighted by Gasteiger charge is 2.15. The molecule has 0 aliphatic carbocycles. The second-order valence-electron chi connectivity index (χ2n) is 6.18. The van der Waals surface area contributed by atoms with E-state index in [0.717, 1.165) is 5.56 Å². The maximum Gasteiger partial charge on any atom is 0.261 e. The number of aryl methyl sites for hydroxylation is 1. The van der Waals surface area contributed by atoms with E-state index in [1.165, 1.54) is 19.2 Å². The Morgan fingerprint density at radius 2 is 1.57 bits per heavy atom. The molecule has 0 heterocycles. The molecule has 0 spiro atoms. The van der Waals surface area contributed by atoms with Crippen LogP contribution in [0.15, 0.2) is 77.7 Å². The van der Waals surface area contributed by atoms with E-state index in [4.69, 9.17) is 4.74 Å². The highest BCUT2D eigenvalue weighted by Crippen LogP contribution is 2.20. The molecule has 0 bridgehead atoms. The van der Waals surface area contributed by atoms with Crippen molar-refractivity contribution >= 4 is 27.3 Å². The van der Waals surface area contributed by atoms with Crippen LogP contribution in [0.5, 0.6) is 5.75 Å². The van der Waals surface area contributed by atoms with Gasteiger partial charge in [0.2, 0.25) is 0 Å². The van der Waals surface area contributed by atoms with E-state index in [1.54, 1.807) is 36.4 Å². The van der Waals surface area contributed by atoms with E-state index in [1.807, 2.05) is 31.2 Å². The number of carbonyl (C=O) groups excluding carboxylic acids is 1. The smallest absolute Gasteiger partial charge is 0.261 e. The molecule has 3 rings (SSSR count). The van der Waals surface area contributed by atoms with E-state index in [2.05, 4.69) is 10.0 Å². The predicted molar refractivity (Wildman–Crippen MR) is 109 cm³/mol. The van der Waals surface area contributed by atoms with Crippen molar-refractivity contribution in [2.24, 2.45) is 0 Å². The van der Waals surface area contributed by atoms with Crippen LogP contribution in [0.1, 0.15) is 15.9 Å². The van der Waals surface area contributed by atoms with Gasteiger partial charge in [0.15, 0.2) is 0 Å². The number of amides is 1. The van der Waals surface area contributed by atoms with E-state index in [-0.39, 0.29) is 10.8 Å². The summed E-state index contributed by atoms with van der Waals surface area (Å²) in [6, 6.07) is 19.8. The minimum absolute atomic E-state index is 0.120. The van der Waals surface area contributed by atoms with E-state index < -0.39 is 10.0 Å². The third kappa shape index (κ3) is 4.69. The summed E-state index contributed by atoms with van der Waals surface area (Å²) >= 11 is 0. The lowest BCUT2D eigenvalue weighted by atomic mass is 10.2. The van der Waals surface area contributed by atoms with Crippen molar-refractivity contribution in [3.63, 3.8) is 0 Å². The van der Waals surface area contributed by atoms with Gasteiger partial charge < -0.3 is 10.1 Å². The number of hydrogen-bond donors (Lipinski definition) is 2. The first-order chi connectivity index (χ1) is 13.4. The molecule has 0 aromatic heterocycles. The van der Waals surface area contributed by atoms with Gasteiger partial charge in [0.25, 0.3) is 15.9 Å². The summed E-state index contributed by atoms with van der Waals surface area (Å²) in [6.45, 7) is 1.94. The number of sulfonamides is 1. The predicted octanol–water partition coefficient (Wildman–Crippen LogP) is 4.06. The first kappa shape index (κ1) is 19.4. The Morgan fingerprint density at radius 3 is 2.18 bits per heavy atom. The normalized spacial score (nSPS) is 10.9. The van der Waals surface area contributed by atoms with E-state index in [9.17, 15) is 13.2 Å². The van der Waals surface area contributed by atoms with Crippen LogP contribution < -0.4 is 14.8 Å². The fourth-order valence-corrected chi connectivity index (χ4v) is 3.64. The van der Waals surface area contributed by atoms with Crippen LogP contribution >= 0.6 is 0 Å². The van der Waals surface area contributed by atoms with Crippen LogP contribution in [0, 0.1) is 6.92 Å². The average Bonchev–Trinajstić information content (AvgIpc) is 2.68. The summed E-state index contributed by atoms with van der Waals surface area (Å²) in [5, 5.41) is 2.81. The van der Waals surface area contributed by atoms with Gasteiger partial charge in [-0.15, -0.1) is 0 Å². The van der Waals surface area contributed by atoms with Crippen LogP contribution in [-0.4, -0.2) is 21.4 Å².